The molecule has 0 aromatic rings. The minimum Gasteiger partial charge on any atom is -0.810 e. The van der Waals surface area contributed by atoms with Crippen LogP contribution in [0.25, 0.3) is 0 Å². The zero-order chi connectivity index (χ0) is 5.21. The molecule has 0 rings (SSSR count). The second kappa shape index (κ2) is 7.22. The van der Waals surface area contributed by atoms with Gasteiger partial charge in [-0.25, -0.2) is 0 Å². The van der Waals surface area contributed by atoms with Gasteiger partial charge in [-0.15, -0.1) is 0 Å². The van der Waals surface area contributed by atoms with E-state index in [0.29, 0.717) is 0 Å². The monoisotopic (exact) mass is 155 g/mol. The number of nitrogens with two attached hydrogens (primary N) is 1. The Morgan fingerprint density at radius 1 is 1.38 bits per heavy atom. The fourth-order valence-corrected chi connectivity index (χ4v) is 0. The molecule has 0 radical (unpaired) electrons. The van der Waals surface area contributed by atoms with Gasteiger partial charge in [-0.2, -0.15) is 0 Å². The van der Waals surface area contributed by atoms with E-state index >= 15 is 0 Å². The van der Waals surface area contributed by atoms with Gasteiger partial charge in [-0.05, 0) is 0 Å². The van der Waals surface area contributed by atoms with Gasteiger partial charge in [0.1, 0.15) is 0 Å². The quantitative estimate of drug-likeness (QED) is 0.301. The van der Waals surface area contributed by atoms with Gasteiger partial charge in [-0.1, -0.05) is 7.60 Å². The molecule has 0 amide bonds. The number of hydrogen-bond acceptors (Lipinski definition) is 4. The molecule has 0 aromatic carbocycles. The summed E-state index contributed by atoms with van der Waals surface area (Å²) in [6.07, 6.45) is -0.785. The van der Waals surface area contributed by atoms with Crippen LogP contribution in [0.3, 0.4) is 0 Å². The predicted molar refractivity (Wildman–Crippen MR) is 16.7 cm³/mol. The average molecular weight is 155 g/mol. The Morgan fingerprint density at radius 2 is 1.50 bits per heavy atom. The normalized spacial score (nSPS) is 8.88. The van der Waals surface area contributed by atoms with Crippen molar-refractivity contribution >= 4 is 7.60 Å². The molecule has 0 aliphatic rings. The number of hydrogen-bond donors (Lipinski definition) is 1. The van der Waals surface area contributed by atoms with Gasteiger partial charge in [0.2, 0.25) is 0 Å². The van der Waals surface area contributed by atoms with Crippen molar-refractivity contribution in [1.29, 1.82) is 0 Å². The Labute approximate surface area is 92.0 Å². The van der Waals surface area contributed by atoms with E-state index in [1.807, 2.05) is 0 Å². The SMILES string of the molecule is NCP(=O)([O-])[O-].[Na+].[Na+]. The molecule has 8 heavy (non-hydrogen) atoms. The van der Waals surface area contributed by atoms with E-state index in [1.54, 1.807) is 0 Å². The van der Waals surface area contributed by atoms with E-state index in [0.717, 1.165) is 0 Å². The van der Waals surface area contributed by atoms with Crippen molar-refractivity contribution in [2.45, 2.75) is 0 Å². The summed E-state index contributed by atoms with van der Waals surface area (Å²) >= 11 is 0. The minimum atomic E-state index is -4.37. The molecule has 38 valence electrons. The van der Waals surface area contributed by atoms with Crippen LogP contribution in [0, 0.1) is 0 Å². The van der Waals surface area contributed by atoms with Gasteiger partial charge in [0, 0.05) is 6.29 Å². The summed E-state index contributed by atoms with van der Waals surface area (Å²) in [5, 5.41) is 0. The van der Waals surface area contributed by atoms with Gasteiger partial charge in [-0.3, -0.25) is 0 Å². The first-order chi connectivity index (χ1) is 2.56. The molecule has 7 heteroatoms. The van der Waals surface area contributed by atoms with Gasteiger partial charge in [0.15, 0.2) is 0 Å². The number of rotatable bonds is 1. The summed E-state index contributed by atoms with van der Waals surface area (Å²) in [6.45, 7) is 0. The Balaban J connectivity index is -0.000000125. The van der Waals surface area contributed by atoms with E-state index in [-0.39, 0.29) is 59.1 Å². The first-order valence-corrected chi connectivity index (χ1v) is 3.00. The topological polar surface area (TPSA) is 89.2 Å². The van der Waals surface area contributed by atoms with Crippen LogP contribution in [0.2, 0.25) is 0 Å². The maximum atomic E-state index is 9.35. The molecular weight excluding hydrogens is 151 g/mol. The summed E-state index contributed by atoms with van der Waals surface area (Å²) in [5.41, 5.74) is 4.42. The third kappa shape index (κ3) is 15.7. The molecular formula is CH4NNa2O3P. The van der Waals surface area contributed by atoms with Crippen LogP contribution in [-0.4, -0.2) is 6.29 Å². The second-order valence-corrected chi connectivity index (χ2v) is 2.38. The van der Waals surface area contributed by atoms with Gasteiger partial charge in [0.25, 0.3) is 0 Å². The average Bonchev–Trinajstić information content (AvgIpc) is 1.35. The van der Waals surface area contributed by atoms with Crippen molar-refractivity contribution in [3.63, 3.8) is 0 Å². The summed E-state index contributed by atoms with van der Waals surface area (Å²) in [5.74, 6) is 0. The maximum Gasteiger partial charge on any atom is 1.00 e. The second-order valence-electron chi connectivity index (χ2n) is 0.793. The summed E-state index contributed by atoms with van der Waals surface area (Å²) < 4.78 is 9.35. The Hall–Kier alpha value is 2.11. The first-order valence-electron chi connectivity index (χ1n) is 1.27. The third-order valence-electron chi connectivity index (χ3n) is 0.224. The molecule has 4 nitrogen and oxygen atoms in total. The molecule has 0 fully saturated rings. The summed E-state index contributed by atoms with van der Waals surface area (Å²) in [4.78, 5) is 18.7. The standard InChI is InChI=1S/CH6NO3P.2Na/c2-1-6(3,4)5;;/h1-2H2,(H2,3,4,5);;/q;2*+1/p-2. The zero-order valence-electron chi connectivity index (χ0n) is 4.96. The molecule has 0 atom stereocenters. The molecule has 0 saturated heterocycles. The fraction of sp³-hybridized carbons (Fsp3) is 1.00. The molecule has 0 saturated carbocycles. The molecule has 0 aliphatic carbocycles. The largest absolute Gasteiger partial charge is 1.00 e. The molecule has 0 unspecified atom stereocenters. The van der Waals surface area contributed by atoms with Gasteiger partial charge >= 0.3 is 59.1 Å². The first kappa shape index (κ1) is 16.6. The van der Waals surface area contributed by atoms with E-state index in [1.165, 1.54) is 0 Å². The van der Waals surface area contributed by atoms with Crippen LogP contribution in [0.4, 0.5) is 0 Å². The third-order valence-corrected chi connectivity index (χ3v) is 0.671. The Bertz CT molecular complexity index is 81.4. The molecule has 2 N–H and O–H groups in total. The van der Waals surface area contributed by atoms with Crippen LogP contribution in [-0.2, 0) is 4.57 Å². The van der Waals surface area contributed by atoms with E-state index in [2.05, 4.69) is 5.73 Å². The van der Waals surface area contributed by atoms with Crippen LogP contribution in [0.1, 0.15) is 0 Å². The molecule has 0 heterocycles. The van der Waals surface area contributed by atoms with E-state index in [9.17, 15) is 14.4 Å². The summed E-state index contributed by atoms with van der Waals surface area (Å²) in [7, 11) is -4.37. The molecule has 0 aromatic heterocycles. The smallest absolute Gasteiger partial charge is 0.810 e. The maximum absolute atomic E-state index is 9.35. The van der Waals surface area contributed by atoms with E-state index < -0.39 is 13.9 Å². The van der Waals surface area contributed by atoms with Crippen molar-refractivity contribution in [3.05, 3.63) is 0 Å². The molecule has 0 bridgehead atoms. The van der Waals surface area contributed by atoms with Crippen molar-refractivity contribution in [2.75, 3.05) is 6.29 Å². The Kier molecular flexibility index (Phi) is 15.0. The van der Waals surface area contributed by atoms with Crippen molar-refractivity contribution in [1.82, 2.24) is 0 Å². The predicted octanol–water partition coefficient (Wildman–Crippen LogP) is -8.18. The fourth-order valence-electron chi connectivity index (χ4n) is 0. The van der Waals surface area contributed by atoms with Crippen LogP contribution in [0.5, 0.6) is 0 Å². The van der Waals surface area contributed by atoms with Crippen molar-refractivity contribution in [2.24, 2.45) is 5.73 Å². The molecule has 0 aliphatic heterocycles. The summed E-state index contributed by atoms with van der Waals surface area (Å²) in [6, 6.07) is 0. The zero-order valence-corrected chi connectivity index (χ0v) is 9.85. The van der Waals surface area contributed by atoms with Crippen LogP contribution < -0.4 is 74.6 Å². The van der Waals surface area contributed by atoms with Gasteiger partial charge in [0.05, 0.1) is 0 Å². The Morgan fingerprint density at radius 3 is 1.50 bits per heavy atom. The van der Waals surface area contributed by atoms with Crippen LogP contribution in [0.15, 0.2) is 0 Å². The van der Waals surface area contributed by atoms with Crippen molar-refractivity contribution in [3.8, 4) is 0 Å². The minimum absolute atomic E-state index is 0. The molecule has 0 spiro atoms. The van der Waals surface area contributed by atoms with Crippen LogP contribution >= 0.6 is 7.60 Å². The van der Waals surface area contributed by atoms with Crippen molar-refractivity contribution < 1.29 is 73.5 Å². The van der Waals surface area contributed by atoms with Gasteiger partial charge < -0.3 is 20.1 Å². The van der Waals surface area contributed by atoms with E-state index in [4.69, 9.17) is 0 Å².